The van der Waals surface area contributed by atoms with Crippen molar-refractivity contribution in [2.75, 3.05) is 37.7 Å². The number of pyridine rings is 1. The fourth-order valence-electron chi connectivity index (χ4n) is 9.62. The number of aromatic hydroxyl groups is 1. The number of terminal acetylenes is 1. The first-order chi connectivity index (χ1) is 25.5. The molecule has 0 spiro atoms. The predicted octanol–water partition coefficient (Wildman–Crippen LogP) is 5.00. The van der Waals surface area contributed by atoms with Crippen molar-refractivity contribution in [2.24, 2.45) is 11.8 Å². The van der Waals surface area contributed by atoms with Crippen LogP contribution < -0.4 is 9.64 Å². The van der Waals surface area contributed by atoms with Crippen LogP contribution in [0, 0.1) is 30.0 Å². The predicted molar refractivity (Wildman–Crippen MR) is 192 cm³/mol. The number of anilines is 1. The molecule has 2 unspecified atom stereocenters. The Balaban J connectivity index is 1.11. The van der Waals surface area contributed by atoms with Gasteiger partial charge in [0.15, 0.2) is 11.9 Å². The number of carbonyl (C=O) groups is 2. The van der Waals surface area contributed by atoms with Crippen molar-refractivity contribution in [3.63, 3.8) is 0 Å². The number of hydrogen-bond acceptors (Lipinski definition) is 10. The third-order valence-corrected chi connectivity index (χ3v) is 12.1. The van der Waals surface area contributed by atoms with E-state index in [1.54, 1.807) is 24.3 Å². The molecule has 7 heterocycles. The summed E-state index contributed by atoms with van der Waals surface area (Å²) in [4.78, 5) is 46.1. The summed E-state index contributed by atoms with van der Waals surface area (Å²) in [5, 5.41) is 12.2. The molecule has 2 aromatic carbocycles. The Morgan fingerprint density at radius 2 is 1.98 bits per heavy atom. The molecule has 9 rings (SSSR count). The molecule has 53 heavy (non-hydrogen) atoms. The number of nitrogens with zero attached hydrogens (tertiary/aromatic N) is 6. The number of hydrogen-bond donors (Lipinski definition) is 1. The molecule has 1 N–H and O–H groups in total. The van der Waals surface area contributed by atoms with Gasteiger partial charge in [-0.1, -0.05) is 31.9 Å². The number of cyclic esters (lactones) is 1. The number of fused-ring (bicyclic) bond motifs is 5. The molecular weight excluding hydrogens is 682 g/mol. The minimum atomic E-state index is -0.947. The van der Waals surface area contributed by atoms with E-state index in [1.807, 2.05) is 23.6 Å². The first-order valence-corrected chi connectivity index (χ1v) is 18.4. The Kier molecular flexibility index (Phi) is 7.96. The van der Waals surface area contributed by atoms with Gasteiger partial charge in [0, 0.05) is 60.8 Å². The number of phenolic OH excluding ortho intramolecular Hbond substituents is 1. The van der Waals surface area contributed by atoms with E-state index in [2.05, 4.69) is 20.8 Å². The van der Waals surface area contributed by atoms with Gasteiger partial charge in [-0.05, 0) is 61.7 Å². The fraction of sp³-hybridized carbons (Fsp3) is 0.475. The van der Waals surface area contributed by atoms with E-state index in [0.29, 0.717) is 59.2 Å². The summed E-state index contributed by atoms with van der Waals surface area (Å²) >= 11 is 0. The normalized spacial score (nSPS) is 28.0. The van der Waals surface area contributed by atoms with Crippen LogP contribution in [0.15, 0.2) is 36.5 Å². The Bertz CT molecular complexity index is 2210. The summed E-state index contributed by atoms with van der Waals surface area (Å²) in [5.74, 6) is 1.29. The van der Waals surface area contributed by atoms with Crippen LogP contribution in [-0.4, -0.2) is 104 Å². The van der Waals surface area contributed by atoms with E-state index in [0.717, 1.165) is 32.2 Å². The van der Waals surface area contributed by atoms with Crippen LogP contribution in [0.2, 0.25) is 0 Å². The zero-order valence-electron chi connectivity index (χ0n) is 29.6. The average molecular weight is 723 g/mol. The van der Waals surface area contributed by atoms with Gasteiger partial charge in [0.2, 0.25) is 0 Å². The SMILES string of the molecule is C#Cc1cccc2cc(O)cc(-c3ncc4c(N5CC6CCC(C5)N6C(=O)[C@@H]5OC(=O)[C@H]5C(C)C)nc(OC[C@@]56CCCN5C[C@H](F)C6)nc4c3F)c12. The monoisotopic (exact) mass is 722 g/mol. The topological polar surface area (TPSA) is 121 Å². The van der Waals surface area contributed by atoms with Gasteiger partial charge in [0.05, 0.1) is 10.9 Å². The molecule has 5 saturated heterocycles. The lowest BCUT2D eigenvalue weighted by Crippen LogP contribution is -2.63. The summed E-state index contributed by atoms with van der Waals surface area (Å²) in [6.45, 7) is 5.96. The van der Waals surface area contributed by atoms with E-state index in [1.165, 1.54) is 12.3 Å². The summed E-state index contributed by atoms with van der Waals surface area (Å²) < 4.78 is 43.4. The second-order valence-electron chi connectivity index (χ2n) is 15.6. The number of amides is 1. The van der Waals surface area contributed by atoms with Gasteiger partial charge in [-0.25, -0.2) is 8.78 Å². The molecule has 6 atom stereocenters. The molecule has 11 nitrogen and oxygen atoms in total. The first-order valence-electron chi connectivity index (χ1n) is 18.4. The lowest BCUT2D eigenvalue weighted by Gasteiger charge is -2.45. The highest BCUT2D eigenvalue weighted by Gasteiger charge is 2.54. The highest BCUT2D eigenvalue weighted by molar-refractivity contribution is 6.03. The van der Waals surface area contributed by atoms with Gasteiger partial charge in [0.1, 0.15) is 41.5 Å². The van der Waals surface area contributed by atoms with Gasteiger partial charge < -0.3 is 24.4 Å². The number of esters is 1. The van der Waals surface area contributed by atoms with E-state index >= 15 is 4.39 Å². The fourth-order valence-corrected chi connectivity index (χ4v) is 9.62. The summed E-state index contributed by atoms with van der Waals surface area (Å²) in [7, 11) is 0. The van der Waals surface area contributed by atoms with Crippen LogP contribution >= 0.6 is 0 Å². The standard InChI is InChI=1S/C40H40F2N6O5/c1-4-22-7-5-8-23-13-27(49)14-28(31(22)23)33-32(42)34-29(16-43-33)36(45-39(44-34)52-20-40-11-6-12-47(40)17-24(41)15-40)46-18-25-9-10-26(19-46)48(25)37(50)35-30(21(2)3)38(51)53-35/h1,5,7-8,13-14,16,21,24-26,30,35,49H,6,9-12,15,17-20H2,2-3H3/t24-,25?,26?,30+,35-,40+/m1/s1. The van der Waals surface area contributed by atoms with Crippen molar-refractivity contribution in [1.82, 2.24) is 24.8 Å². The van der Waals surface area contributed by atoms with Gasteiger partial charge >= 0.3 is 12.0 Å². The van der Waals surface area contributed by atoms with Crippen LogP contribution in [0.4, 0.5) is 14.6 Å². The number of halogens is 2. The number of phenols is 1. The highest BCUT2D eigenvalue weighted by Crippen LogP contribution is 2.43. The first kappa shape index (κ1) is 33.7. The zero-order valence-corrected chi connectivity index (χ0v) is 29.6. The second kappa shape index (κ2) is 12.5. The van der Waals surface area contributed by atoms with Crippen LogP contribution in [0.3, 0.4) is 0 Å². The molecule has 2 aromatic heterocycles. The van der Waals surface area contributed by atoms with Crippen LogP contribution in [0.25, 0.3) is 32.9 Å². The van der Waals surface area contributed by atoms with Crippen LogP contribution in [0.5, 0.6) is 11.8 Å². The highest BCUT2D eigenvalue weighted by atomic mass is 19.1. The molecule has 4 aromatic rings. The quantitative estimate of drug-likeness (QED) is 0.206. The molecule has 5 fully saturated rings. The Morgan fingerprint density at radius 3 is 2.72 bits per heavy atom. The molecule has 1 amide bonds. The van der Waals surface area contributed by atoms with Crippen molar-refractivity contribution in [1.29, 1.82) is 0 Å². The lowest BCUT2D eigenvalue weighted by atomic mass is 9.85. The number of rotatable bonds is 7. The maximum atomic E-state index is 17.1. The molecule has 0 saturated carbocycles. The smallest absolute Gasteiger partial charge is 0.319 e. The number of piperazine rings is 1. The Labute approximate surface area is 305 Å². The molecule has 5 aliphatic heterocycles. The second-order valence-corrected chi connectivity index (χ2v) is 15.6. The van der Waals surface area contributed by atoms with E-state index in [-0.39, 0.29) is 59.5 Å². The van der Waals surface area contributed by atoms with E-state index in [9.17, 15) is 19.1 Å². The molecule has 5 aliphatic rings. The van der Waals surface area contributed by atoms with E-state index < -0.39 is 29.5 Å². The Morgan fingerprint density at radius 1 is 1.19 bits per heavy atom. The minimum Gasteiger partial charge on any atom is -0.508 e. The summed E-state index contributed by atoms with van der Waals surface area (Å²) in [6.07, 6.45) is 9.23. The average Bonchev–Trinajstić information content (AvgIpc) is 3.74. The van der Waals surface area contributed by atoms with Crippen molar-refractivity contribution in [3.05, 3.63) is 47.9 Å². The maximum absolute atomic E-state index is 17.1. The van der Waals surface area contributed by atoms with Gasteiger partial charge in [-0.15, -0.1) is 6.42 Å². The van der Waals surface area contributed by atoms with Crippen molar-refractivity contribution in [2.45, 2.75) is 75.8 Å². The van der Waals surface area contributed by atoms with Crippen molar-refractivity contribution < 1.29 is 33.0 Å². The van der Waals surface area contributed by atoms with Gasteiger partial charge in [0.25, 0.3) is 5.91 Å². The largest absolute Gasteiger partial charge is 0.508 e. The summed E-state index contributed by atoms with van der Waals surface area (Å²) in [5.41, 5.74) is 0.299. The molecular formula is C40H40F2N6O5. The molecule has 0 aliphatic carbocycles. The van der Waals surface area contributed by atoms with Crippen LogP contribution in [0.1, 0.15) is 51.5 Å². The zero-order chi connectivity index (χ0) is 36.8. The number of ether oxygens (including phenoxy) is 2. The summed E-state index contributed by atoms with van der Waals surface area (Å²) in [6, 6.07) is 7.94. The minimum absolute atomic E-state index is 0.0193. The van der Waals surface area contributed by atoms with Crippen molar-refractivity contribution >= 4 is 39.4 Å². The molecule has 2 bridgehead atoms. The van der Waals surface area contributed by atoms with Gasteiger partial charge in [-0.2, -0.15) is 9.97 Å². The third kappa shape index (κ3) is 5.36. The number of alkyl halides is 1. The lowest BCUT2D eigenvalue weighted by molar-refractivity contribution is -0.197. The number of benzene rings is 2. The number of carbonyl (C=O) groups excluding carboxylic acids is 2. The third-order valence-electron chi connectivity index (χ3n) is 12.1. The number of aromatic nitrogens is 3. The van der Waals surface area contributed by atoms with Crippen molar-refractivity contribution in [3.8, 4) is 35.4 Å². The van der Waals surface area contributed by atoms with Gasteiger partial charge in [-0.3, -0.25) is 19.5 Å². The molecule has 0 radical (unpaired) electrons. The van der Waals surface area contributed by atoms with Crippen LogP contribution in [-0.2, 0) is 14.3 Å². The molecule has 13 heteroatoms. The Hall–Kier alpha value is -5.09. The van der Waals surface area contributed by atoms with E-state index in [4.69, 9.17) is 20.9 Å². The maximum Gasteiger partial charge on any atom is 0.319 e. The molecule has 274 valence electrons.